The van der Waals surface area contributed by atoms with Crippen LogP contribution in [0, 0.1) is 0 Å². The lowest BCUT2D eigenvalue weighted by molar-refractivity contribution is -0.128. The standard InChI is InChI=1S/C29H35N3O2/c1-29(2,28(34)31-22-25-17-10-5-11-18-25)32-26(21-24-15-8-4-9-16-24)27(33)30-20-12-19-23-13-6-3-7-14-23/h3-11,13-18,26,32H,12,19-22H2,1-2H3,(H,30,33)(H,31,34)/t26-/m0/s1. The molecule has 0 saturated heterocycles. The summed E-state index contributed by atoms with van der Waals surface area (Å²) in [4.78, 5) is 26.1. The SMILES string of the molecule is CC(C)(N[C@@H](Cc1ccccc1)C(=O)NCCCc1ccccc1)C(=O)NCc1ccccc1. The van der Waals surface area contributed by atoms with Crippen LogP contribution in [0.15, 0.2) is 91.0 Å². The minimum Gasteiger partial charge on any atom is -0.355 e. The van der Waals surface area contributed by atoms with Crippen molar-refractivity contribution in [3.63, 3.8) is 0 Å². The third kappa shape index (κ3) is 8.16. The van der Waals surface area contributed by atoms with Gasteiger partial charge in [-0.05, 0) is 49.8 Å². The van der Waals surface area contributed by atoms with Crippen molar-refractivity contribution in [2.45, 2.75) is 51.2 Å². The molecule has 0 radical (unpaired) electrons. The fraction of sp³-hybridized carbons (Fsp3) is 0.310. The van der Waals surface area contributed by atoms with Gasteiger partial charge in [-0.25, -0.2) is 0 Å². The Bertz CT molecular complexity index is 1020. The van der Waals surface area contributed by atoms with Gasteiger partial charge < -0.3 is 10.6 Å². The van der Waals surface area contributed by atoms with Crippen LogP contribution in [0.1, 0.15) is 37.0 Å². The lowest BCUT2D eigenvalue weighted by Gasteiger charge is -2.30. The van der Waals surface area contributed by atoms with Gasteiger partial charge >= 0.3 is 0 Å². The molecule has 0 aliphatic carbocycles. The van der Waals surface area contributed by atoms with Crippen molar-refractivity contribution in [1.29, 1.82) is 0 Å². The van der Waals surface area contributed by atoms with Crippen molar-refractivity contribution >= 4 is 11.8 Å². The molecule has 0 spiro atoms. The van der Waals surface area contributed by atoms with Gasteiger partial charge in [0.05, 0.1) is 11.6 Å². The Morgan fingerprint density at radius 2 is 1.26 bits per heavy atom. The zero-order valence-electron chi connectivity index (χ0n) is 20.1. The largest absolute Gasteiger partial charge is 0.355 e. The van der Waals surface area contributed by atoms with Crippen molar-refractivity contribution < 1.29 is 9.59 Å². The molecule has 3 rings (SSSR count). The summed E-state index contributed by atoms with van der Waals surface area (Å²) in [7, 11) is 0. The molecule has 0 aliphatic heterocycles. The summed E-state index contributed by atoms with van der Waals surface area (Å²) in [6.07, 6.45) is 2.26. The molecule has 0 bridgehead atoms. The topological polar surface area (TPSA) is 70.2 Å². The summed E-state index contributed by atoms with van der Waals surface area (Å²) in [5, 5.41) is 9.36. The average Bonchev–Trinajstić information content (AvgIpc) is 2.86. The van der Waals surface area contributed by atoms with E-state index in [0.29, 0.717) is 19.5 Å². The van der Waals surface area contributed by atoms with Crippen LogP contribution in [0.5, 0.6) is 0 Å². The van der Waals surface area contributed by atoms with Crippen molar-refractivity contribution in [3.05, 3.63) is 108 Å². The number of aryl methyl sites for hydroxylation is 1. The first-order valence-electron chi connectivity index (χ1n) is 11.9. The molecule has 5 nitrogen and oxygen atoms in total. The smallest absolute Gasteiger partial charge is 0.240 e. The molecule has 178 valence electrons. The van der Waals surface area contributed by atoms with E-state index in [1.54, 1.807) is 0 Å². The molecule has 0 aromatic heterocycles. The molecular weight excluding hydrogens is 422 g/mol. The molecule has 2 amide bonds. The van der Waals surface area contributed by atoms with Crippen LogP contribution < -0.4 is 16.0 Å². The molecule has 0 aliphatic rings. The molecule has 0 saturated carbocycles. The summed E-state index contributed by atoms with van der Waals surface area (Å²) in [6, 6.07) is 29.4. The first kappa shape index (κ1) is 25.2. The van der Waals surface area contributed by atoms with Gasteiger partial charge in [0.2, 0.25) is 11.8 Å². The van der Waals surface area contributed by atoms with E-state index < -0.39 is 11.6 Å². The van der Waals surface area contributed by atoms with Crippen molar-refractivity contribution in [2.24, 2.45) is 0 Å². The van der Waals surface area contributed by atoms with Gasteiger partial charge in [-0.15, -0.1) is 0 Å². The summed E-state index contributed by atoms with van der Waals surface area (Å²) in [5.74, 6) is -0.243. The fourth-order valence-corrected chi connectivity index (χ4v) is 3.83. The maximum absolute atomic E-state index is 13.1. The molecule has 3 N–H and O–H groups in total. The Balaban J connectivity index is 1.59. The molecule has 3 aromatic carbocycles. The minimum atomic E-state index is -0.921. The summed E-state index contributed by atoms with van der Waals surface area (Å²) >= 11 is 0. The Labute approximate surface area is 203 Å². The second kappa shape index (κ2) is 12.7. The second-order valence-electron chi connectivity index (χ2n) is 9.06. The number of rotatable bonds is 12. The fourth-order valence-electron chi connectivity index (χ4n) is 3.83. The Morgan fingerprint density at radius 1 is 0.735 bits per heavy atom. The van der Waals surface area contributed by atoms with E-state index >= 15 is 0 Å². The average molecular weight is 458 g/mol. The van der Waals surface area contributed by atoms with Gasteiger partial charge in [0.1, 0.15) is 0 Å². The summed E-state index contributed by atoms with van der Waals surface area (Å²) < 4.78 is 0. The number of hydrogen-bond acceptors (Lipinski definition) is 3. The highest BCUT2D eigenvalue weighted by molar-refractivity contribution is 5.88. The quantitative estimate of drug-likeness (QED) is 0.360. The van der Waals surface area contributed by atoms with Gasteiger partial charge in [-0.1, -0.05) is 91.0 Å². The number of carbonyl (C=O) groups is 2. The van der Waals surface area contributed by atoms with Crippen molar-refractivity contribution in [3.8, 4) is 0 Å². The Kier molecular flexibility index (Phi) is 9.41. The van der Waals surface area contributed by atoms with E-state index in [1.165, 1.54) is 5.56 Å². The number of hydrogen-bond donors (Lipinski definition) is 3. The minimum absolute atomic E-state index is 0.0964. The van der Waals surface area contributed by atoms with E-state index in [0.717, 1.165) is 24.0 Å². The van der Waals surface area contributed by atoms with Crippen LogP contribution in [-0.4, -0.2) is 29.9 Å². The molecule has 0 unspecified atom stereocenters. The maximum Gasteiger partial charge on any atom is 0.240 e. The molecule has 0 heterocycles. The molecule has 34 heavy (non-hydrogen) atoms. The maximum atomic E-state index is 13.1. The van der Waals surface area contributed by atoms with E-state index in [4.69, 9.17) is 0 Å². The molecular formula is C29H35N3O2. The van der Waals surface area contributed by atoms with Gasteiger partial charge in [0.25, 0.3) is 0 Å². The van der Waals surface area contributed by atoms with Crippen molar-refractivity contribution in [2.75, 3.05) is 6.54 Å². The number of nitrogens with one attached hydrogen (secondary N) is 3. The van der Waals surface area contributed by atoms with Crippen LogP contribution in [-0.2, 0) is 29.0 Å². The molecule has 0 fully saturated rings. The number of carbonyl (C=O) groups excluding carboxylic acids is 2. The highest BCUT2D eigenvalue weighted by Crippen LogP contribution is 2.11. The molecule has 5 heteroatoms. The van der Waals surface area contributed by atoms with E-state index in [1.807, 2.05) is 92.7 Å². The summed E-state index contributed by atoms with van der Waals surface area (Å²) in [6.45, 7) is 4.66. The van der Waals surface area contributed by atoms with Crippen molar-refractivity contribution in [1.82, 2.24) is 16.0 Å². The zero-order chi connectivity index (χ0) is 24.2. The van der Waals surface area contributed by atoms with Gasteiger partial charge in [0, 0.05) is 13.1 Å². The first-order chi connectivity index (χ1) is 16.4. The Morgan fingerprint density at radius 3 is 1.85 bits per heavy atom. The van der Waals surface area contributed by atoms with Crippen LogP contribution in [0.4, 0.5) is 0 Å². The predicted octanol–water partition coefficient (Wildman–Crippen LogP) is 4.03. The Hall–Kier alpha value is -3.44. The van der Waals surface area contributed by atoms with E-state index in [2.05, 4.69) is 28.1 Å². The van der Waals surface area contributed by atoms with Crippen LogP contribution in [0.3, 0.4) is 0 Å². The first-order valence-corrected chi connectivity index (χ1v) is 11.9. The number of benzene rings is 3. The second-order valence-corrected chi connectivity index (χ2v) is 9.06. The van der Waals surface area contributed by atoms with E-state index in [9.17, 15) is 9.59 Å². The highest BCUT2D eigenvalue weighted by atomic mass is 16.2. The lowest BCUT2D eigenvalue weighted by atomic mass is 9.98. The van der Waals surface area contributed by atoms with Gasteiger partial charge in [-0.2, -0.15) is 0 Å². The van der Waals surface area contributed by atoms with E-state index in [-0.39, 0.29) is 11.8 Å². The van der Waals surface area contributed by atoms with Crippen LogP contribution in [0.25, 0.3) is 0 Å². The molecule has 3 aromatic rings. The third-order valence-corrected chi connectivity index (χ3v) is 5.78. The summed E-state index contributed by atoms with van der Waals surface area (Å²) in [5.41, 5.74) is 2.41. The van der Waals surface area contributed by atoms with Gasteiger partial charge in [-0.3, -0.25) is 14.9 Å². The van der Waals surface area contributed by atoms with Crippen LogP contribution >= 0.6 is 0 Å². The molecule has 1 atom stereocenters. The highest BCUT2D eigenvalue weighted by Gasteiger charge is 2.32. The van der Waals surface area contributed by atoms with Gasteiger partial charge in [0.15, 0.2) is 0 Å². The zero-order valence-corrected chi connectivity index (χ0v) is 20.1. The third-order valence-electron chi connectivity index (χ3n) is 5.78. The lowest BCUT2D eigenvalue weighted by Crippen LogP contribution is -2.60. The number of amides is 2. The van der Waals surface area contributed by atoms with Crippen LogP contribution in [0.2, 0.25) is 0 Å². The predicted molar refractivity (Wildman–Crippen MR) is 137 cm³/mol. The normalized spacial score (nSPS) is 12.1. The monoisotopic (exact) mass is 457 g/mol.